The number of rotatable bonds is 5. The van der Waals surface area contributed by atoms with Gasteiger partial charge in [-0.05, 0) is 85.9 Å². The Morgan fingerprint density at radius 1 is 0.976 bits per heavy atom. The van der Waals surface area contributed by atoms with Crippen LogP contribution in [0.25, 0.3) is 22.6 Å². The molecule has 2 aromatic carbocycles. The standard InChI is InChI=1S/C33H39N3O5/c1-32(2,3)22-17-21(16-20-12-14-23(40-7)15-13-20)29-25(18-22)28(24-10-8-9-11-26(24)34-29)30(38)41-19-27(37)35-31(39)36-33(4,5)6/h8-16,22H,17-19H2,1-7H3,(H2,35,36,37,39)/b21-16-/t22-/m1/s1. The lowest BCUT2D eigenvalue weighted by atomic mass is 9.69. The zero-order chi connectivity index (χ0) is 29.9. The zero-order valence-corrected chi connectivity index (χ0v) is 24.9. The highest BCUT2D eigenvalue weighted by Crippen LogP contribution is 2.45. The molecule has 1 aliphatic rings. The molecule has 1 atom stereocenters. The molecule has 8 nitrogen and oxygen atoms in total. The average molecular weight is 558 g/mol. The van der Waals surface area contributed by atoms with Gasteiger partial charge in [0.25, 0.3) is 5.91 Å². The molecule has 2 N–H and O–H groups in total. The lowest BCUT2D eigenvalue weighted by Gasteiger charge is -2.36. The van der Waals surface area contributed by atoms with Crippen LogP contribution in [-0.2, 0) is 16.0 Å². The number of methoxy groups -OCH3 is 1. The molecule has 8 heteroatoms. The number of hydrogen-bond donors (Lipinski definition) is 2. The van der Waals surface area contributed by atoms with Crippen LogP contribution in [-0.4, -0.2) is 42.1 Å². The first-order valence-corrected chi connectivity index (χ1v) is 13.8. The number of imide groups is 1. The van der Waals surface area contributed by atoms with Gasteiger partial charge in [0.05, 0.1) is 23.9 Å². The Kier molecular flexibility index (Phi) is 8.52. The van der Waals surface area contributed by atoms with E-state index in [9.17, 15) is 14.4 Å². The van der Waals surface area contributed by atoms with Crippen LogP contribution in [0.3, 0.4) is 0 Å². The predicted octanol–water partition coefficient (Wildman–Crippen LogP) is 6.17. The van der Waals surface area contributed by atoms with Crippen LogP contribution in [0, 0.1) is 11.3 Å². The summed E-state index contributed by atoms with van der Waals surface area (Å²) in [6, 6.07) is 14.6. The first kappa shape index (κ1) is 29.8. The summed E-state index contributed by atoms with van der Waals surface area (Å²) in [5.74, 6) is -0.319. The van der Waals surface area contributed by atoms with Gasteiger partial charge < -0.3 is 14.8 Å². The molecular formula is C33H39N3O5. The Morgan fingerprint density at radius 2 is 1.66 bits per heavy atom. The molecule has 4 rings (SSSR count). The molecule has 0 saturated heterocycles. The second-order valence-corrected chi connectivity index (χ2v) is 12.6. The van der Waals surface area contributed by atoms with Gasteiger partial charge in [0, 0.05) is 10.9 Å². The lowest BCUT2D eigenvalue weighted by Crippen LogP contribution is -2.49. The number of hydrogen-bond acceptors (Lipinski definition) is 6. The molecule has 1 aliphatic carbocycles. The third-order valence-electron chi connectivity index (χ3n) is 7.18. The van der Waals surface area contributed by atoms with E-state index in [2.05, 4.69) is 37.5 Å². The number of pyridine rings is 1. The number of aromatic nitrogens is 1. The molecule has 41 heavy (non-hydrogen) atoms. The molecular weight excluding hydrogens is 518 g/mol. The van der Waals surface area contributed by atoms with Crippen LogP contribution in [0.15, 0.2) is 48.5 Å². The number of urea groups is 1. The van der Waals surface area contributed by atoms with Crippen molar-refractivity contribution in [1.29, 1.82) is 0 Å². The fraction of sp³-hybridized carbons (Fsp3) is 0.394. The van der Waals surface area contributed by atoms with Crippen LogP contribution < -0.4 is 15.4 Å². The number of carbonyl (C=O) groups is 3. The average Bonchev–Trinajstić information content (AvgIpc) is 2.89. The third-order valence-corrected chi connectivity index (χ3v) is 7.18. The van der Waals surface area contributed by atoms with E-state index in [0.29, 0.717) is 22.9 Å². The molecule has 0 aliphatic heterocycles. The van der Waals surface area contributed by atoms with Crippen molar-refractivity contribution in [2.75, 3.05) is 13.7 Å². The monoisotopic (exact) mass is 557 g/mol. The predicted molar refractivity (Wildman–Crippen MR) is 161 cm³/mol. The normalized spacial score (nSPS) is 16.2. The summed E-state index contributed by atoms with van der Waals surface area (Å²) >= 11 is 0. The van der Waals surface area contributed by atoms with Crippen LogP contribution in [0.5, 0.6) is 5.75 Å². The molecule has 3 amide bonds. The Morgan fingerprint density at radius 3 is 2.29 bits per heavy atom. The fourth-order valence-corrected chi connectivity index (χ4v) is 5.01. The summed E-state index contributed by atoms with van der Waals surface area (Å²) in [5.41, 5.74) is 4.14. The second-order valence-electron chi connectivity index (χ2n) is 12.6. The molecule has 216 valence electrons. The van der Waals surface area contributed by atoms with Crippen LogP contribution in [0.4, 0.5) is 4.79 Å². The highest BCUT2D eigenvalue weighted by molar-refractivity contribution is 6.07. The smallest absolute Gasteiger partial charge is 0.339 e. The van der Waals surface area contributed by atoms with Gasteiger partial charge in [-0.3, -0.25) is 10.1 Å². The number of ether oxygens (including phenoxy) is 2. The quantitative estimate of drug-likeness (QED) is 0.363. The zero-order valence-electron chi connectivity index (χ0n) is 24.9. The first-order chi connectivity index (χ1) is 19.2. The number of fused-ring (bicyclic) bond motifs is 2. The van der Waals surface area contributed by atoms with Gasteiger partial charge in [-0.25, -0.2) is 14.6 Å². The van der Waals surface area contributed by atoms with E-state index in [0.717, 1.165) is 34.6 Å². The number of nitrogens with zero attached hydrogens (tertiary/aromatic N) is 1. The SMILES string of the molecule is COc1ccc(/C=C2/C[C@@H](C(C)(C)C)Cc3c2nc2ccccc2c3C(=O)OCC(=O)NC(=O)NC(C)(C)C)cc1. The first-order valence-electron chi connectivity index (χ1n) is 13.8. The molecule has 0 radical (unpaired) electrons. The van der Waals surface area contributed by atoms with Crippen molar-refractivity contribution in [1.82, 2.24) is 15.6 Å². The second kappa shape index (κ2) is 11.7. The van der Waals surface area contributed by atoms with Crippen molar-refractivity contribution >= 4 is 40.5 Å². The minimum atomic E-state index is -0.708. The molecule has 0 unspecified atom stereocenters. The molecule has 0 saturated carbocycles. The van der Waals surface area contributed by atoms with E-state index in [-0.39, 0.29) is 11.3 Å². The van der Waals surface area contributed by atoms with Gasteiger partial charge in [0.1, 0.15) is 5.75 Å². The summed E-state index contributed by atoms with van der Waals surface area (Å²) < 4.78 is 10.8. The Bertz CT molecular complexity index is 1490. The summed E-state index contributed by atoms with van der Waals surface area (Å²) in [6.07, 6.45) is 3.56. The van der Waals surface area contributed by atoms with E-state index >= 15 is 0 Å². The van der Waals surface area contributed by atoms with E-state index in [1.165, 1.54) is 0 Å². The van der Waals surface area contributed by atoms with E-state index < -0.39 is 30.1 Å². The summed E-state index contributed by atoms with van der Waals surface area (Å²) in [4.78, 5) is 43.2. The van der Waals surface area contributed by atoms with Gasteiger partial charge in [0.2, 0.25) is 0 Å². The summed E-state index contributed by atoms with van der Waals surface area (Å²) in [5, 5.41) is 5.53. The molecule has 0 spiro atoms. The van der Waals surface area contributed by atoms with Crippen LogP contribution >= 0.6 is 0 Å². The van der Waals surface area contributed by atoms with Crippen molar-refractivity contribution in [2.24, 2.45) is 11.3 Å². The number of esters is 1. The van der Waals surface area contributed by atoms with Gasteiger partial charge >= 0.3 is 12.0 Å². The van der Waals surface area contributed by atoms with E-state index in [1.54, 1.807) is 27.9 Å². The highest BCUT2D eigenvalue weighted by Gasteiger charge is 2.35. The van der Waals surface area contributed by atoms with Crippen molar-refractivity contribution in [2.45, 2.75) is 59.9 Å². The number of benzene rings is 2. The molecule has 0 bridgehead atoms. The molecule has 1 aromatic heterocycles. The van der Waals surface area contributed by atoms with Gasteiger partial charge in [0.15, 0.2) is 6.61 Å². The topological polar surface area (TPSA) is 107 Å². The Labute approximate surface area is 241 Å². The van der Waals surface area contributed by atoms with Crippen LogP contribution in [0.1, 0.15) is 75.1 Å². The fourth-order valence-electron chi connectivity index (χ4n) is 5.01. The van der Waals surface area contributed by atoms with Gasteiger partial charge in [-0.2, -0.15) is 0 Å². The molecule has 0 fully saturated rings. The maximum atomic E-state index is 13.7. The van der Waals surface area contributed by atoms with Gasteiger partial charge in [-0.15, -0.1) is 0 Å². The van der Waals surface area contributed by atoms with Crippen molar-refractivity contribution in [3.63, 3.8) is 0 Å². The van der Waals surface area contributed by atoms with Crippen molar-refractivity contribution < 1.29 is 23.9 Å². The van der Waals surface area contributed by atoms with Crippen LogP contribution in [0.2, 0.25) is 0 Å². The minimum absolute atomic E-state index is 0.0379. The maximum absolute atomic E-state index is 13.7. The van der Waals surface area contributed by atoms with Gasteiger partial charge in [-0.1, -0.05) is 51.1 Å². The number of allylic oxidation sites excluding steroid dienone is 1. The van der Waals surface area contributed by atoms with E-state index in [1.807, 2.05) is 48.5 Å². The minimum Gasteiger partial charge on any atom is -0.497 e. The third kappa shape index (κ3) is 7.31. The number of amides is 3. The largest absolute Gasteiger partial charge is 0.497 e. The number of para-hydroxylation sites is 1. The Hall–Kier alpha value is -4.20. The Balaban J connectivity index is 1.73. The van der Waals surface area contributed by atoms with Crippen molar-refractivity contribution in [3.05, 3.63) is 70.9 Å². The summed E-state index contributed by atoms with van der Waals surface area (Å²) in [7, 11) is 1.64. The summed E-state index contributed by atoms with van der Waals surface area (Å²) in [6.45, 7) is 11.4. The molecule has 1 heterocycles. The van der Waals surface area contributed by atoms with E-state index in [4.69, 9.17) is 14.5 Å². The number of nitrogens with one attached hydrogen (secondary N) is 2. The number of carbonyl (C=O) groups excluding carboxylic acids is 3. The van der Waals surface area contributed by atoms with Crippen molar-refractivity contribution in [3.8, 4) is 5.75 Å². The highest BCUT2D eigenvalue weighted by atomic mass is 16.5. The molecule has 3 aromatic rings. The maximum Gasteiger partial charge on any atom is 0.339 e. The lowest BCUT2D eigenvalue weighted by molar-refractivity contribution is -0.123.